The maximum absolute atomic E-state index is 13.0. The van der Waals surface area contributed by atoms with Crippen molar-refractivity contribution in [2.75, 3.05) is 13.7 Å². The second-order valence-electron chi connectivity index (χ2n) is 8.39. The second kappa shape index (κ2) is 11.5. The second-order valence-corrected chi connectivity index (χ2v) is 8.39. The summed E-state index contributed by atoms with van der Waals surface area (Å²) in [6.45, 7) is 1.89. The first kappa shape index (κ1) is 27.6. The molecule has 0 fully saturated rings. The summed E-state index contributed by atoms with van der Waals surface area (Å²) in [5, 5.41) is 10.4. The van der Waals surface area contributed by atoms with Gasteiger partial charge in [0, 0.05) is 18.2 Å². The van der Waals surface area contributed by atoms with Gasteiger partial charge in [-0.15, -0.1) is 0 Å². The molecule has 39 heavy (non-hydrogen) atoms. The average Bonchev–Trinajstić information content (AvgIpc) is 2.95. The van der Waals surface area contributed by atoms with Crippen molar-refractivity contribution in [2.24, 2.45) is 0 Å². The van der Waals surface area contributed by atoms with Crippen molar-refractivity contribution in [3.05, 3.63) is 108 Å². The van der Waals surface area contributed by atoms with E-state index in [0.717, 1.165) is 12.1 Å². The molecule has 1 N–H and O–H groups in total. The van der Waals surface area contributed by atoms with Crippen LogP contribution in [0.3, 0.4) is 0 Å². The van der Waals surface area contributed by atoms with Crippen LogP contribution < -0.4 is 9.47 Å². The lowest BCUT2D eigenvalue weighted by atomic mass is 9.81. The molecule has 0 saturated carbocycles. The molecule has 0 aliphatic heterocycles. The number of hydrogen-bond acceptors (Lipinski definition) is 6. The number of benzene rings is 3. The highest BCUT2D eigenvalue weighted by Crippen LogP contribution is 2.39. The van der Waals surface area contributed by atoms with Gasteiger partial charge in [-0.1, -0.05) is 72.8 Å². The summed E-state index contributed by atoms with van der Waals surface area (Å²) in [5.74, 6) is -1.32. The van der Waals surface area contributed by atoms with Crippen LogP contribution in [0, 0.1) is 0 Å². The third kappa shape index (κ3) is 5.85. The van der Waals surface area contributed by atoms with Gasteiger partial charge in [-0.25, -0.2) is 4.79 Å². The number of aliphatic carboxylic acids is 1. The Kier molecular flexibility index (Phi) is 8.15. The topological polar surface area (TPSA) is 90.8 Å². The smallest absolute Gasteiger partial charge is 0.416 e. The van der Waals surface area contributed by atoms with Gasteiger partial charge in [-0.2, -0.15) is 23.1 Å². The fraction of sp³-hybridized carbons (Fsp3) is 0.207. The van der Waals surface area contributed by atoms with Crippen molar-refractivity contribution in [3.8, 4) is 23.1 Å². The number of carboxylic acid groups (broad SMARTS) is 1. The molecule has 0 amide bonds. The van der Waals surface area contributed by atoms with Gasteiger partial charge in [-0.3, -0.25) is 0 Å². The van der Waals surface area contributed by atoms with E-state index in [2.05, 4.69) is 9.97 Å². The summed E-state index contributed by atoms with van der Waals surface area (Å²) in [7, 11) is 1.34. The molecular weight excluding hydrogens is 513 g/mol. The molecule has 0 saturated heterocycles. The van der Waals surface area contributed by atoms with E-state index in [1.54, 1.807) is 67.6 Å². The van der Waals surface area contributed by atoms with E-state index in [1.165, 1.54) is 25.3 Å². The van der Waals surface area contributed by atoms with Crippen LogP contribution in [0.2, 0.25) is 0 Å². The number of ether oxygens (including phenoxy) is 3. The number of rotatable bonds is 10. The summed E-state index contributed by atoms with van der Waals surface area (Å²) >= 11 is 0. The molecule has 0 radical (unpaired) electrons. The first-order chi connectivity index (χ1) is 18.7. The van der Waals surface area contributed by atoms with Gasteiger partial charge < -0.3 is 19.3 Å². The van der Waals surface area contributed by atoms with Crippen molar-refractivity contribution in [2.45, 2.75) is 24.8 Å². The van der Waals surface area contributed by atoms with Crippen LogP contribution in [-0.4, -0.2) is 40.9 Å². The maximum atomic E-state index is 13.0. The Bertz CT molecular complexity index is 1360. The van der Waals surface area contributed by atoms with Gasteiger partial charge in [0.25, 0.3) is 0 Å². The number of aromatic nitrogens is 2. The van der Waals surface area contributed by atoms with Gasteiger partial charge in [0.15, 0.2) is 5.60 Å². The molecule has 1 atom stereocenters. The van der Waals surface area contributed by atoms with Gasteiger partial charge in [-0.05, 0) is 30.2 Å². The largest absolute Gasteiger partial charge is 0.481 e. The minimum atomic E-state index is -4.50. The maximum Gasteiger partial charge on any atom is 0.416 e. The molecule has 4 aromatic rings. The highest BCUT2D eigenvalue weighted by Gasteiger charge is 2.50. The van der Waals surface area contributed by atoms with E-state index in [1.807, 2.05) is 0 Å². The molecule has 10 heteroatoms. The minimum Gasteiger partial charge on any atom is -0.481 e. The molecule has 3 aromatic carbocycles. The van der Waals surface area contributed by atoms with Gasteiger partial charge >= 0.3 is 18.2 Å². The first-order valence-corrected chi connectivity index (χ1v) is 11.9. The normalized spacial score (nSPS) is 12.5. The summed E-state index contributed by atoms with van der Waals surface area (Å²) in [6, 6.07) is 23.0. The van der Waals surface area contributed by atoms with Crippen LogP contribution in [0.15, 0.2) is 91.0 Å². The fourth-order valence-corrected chi connectivity index (χ4v) is 4.26. The van der Waals surface area contributed by atoms with Crippen LogP contribution in [0.5, 0.6) is 11.9 Å². The van der Waals surface area contributed by atoms with Crippen molar-refractivity contribution >= 4 is 5.97 Å². The molecule has 1 heterocycles. The van der Waals surface area contributed by atoms with Crippen LogP contribution in [0.1, 0.15) is 23.6 Å². The zero-order valence-electron chi connectivity index (χ0n) is 21.1. The summed E-state index contributed by atoms with van der Waals surface area (Å²) in [4.78, 5) is 21.3. The van der Waals surface area contributed by atoms with E-state index in [-0.39, 0.29) is 24.2 Å². The van der Waals surface area contributed by atoms with E-state index < -0.39 is 29.4 Å². The van der Waals surface area contributed by atoms with Crippen LogP contribution in [0.4, 0.5) is 13.2 Å². The first-order valence-electron chi connectivity index (χ1n) is 11.9. The number of hydrogen-bond donors (Lipinski definition) is 1. The number of carboxylic acids is 1. The Balaban J connectivity index is 1.84. The third-order valence-electron chi connectivity index (χ3n) is 5.99. The van der Waals surface area contributed by atoms with Gasteiger partial charge in [0.05, 0.1) is 18.4 Å². The van der Waals surface area contributed by atoms with Crippen LogP contribution in [0.25, 0.3) is 11.3 Å². The van der Waals surface area contributed by atoms with Gasteiger partial charge in [0.1, 0.15) is 0 Å². The predicted molar refractivity (Wildman–Crippen MR) is 136 cm³/mol. The Labute approximate surface area is 222 Å². The van der Waals surface area contributed by atoms with Crippen molar-refractivity contribution in [3.63, 3.8) is 0 Å². The number of halogens is 3. The molecule has 202 valence electrons. The van der Waals surface area contributed by atoms with Gasteiger partial charge in [0.2, 0.25) is 12.0 Å². The quantitative estimate of drug-likeness (QED) is 0.266. The van der Waals surface area contributed by atoms with E-state index in [9.17, 15) is 23.1 Å². The van der Waals surface area contributed by atoms with E-state index in [4.69, 9.17) is 14.2 Å². The standard InChI is InChI=1S/C29H25F3N2O5/c1-3-38-28(20-10-6-4-7-11-20,21-12-8-5-9-13-21)25(26(35)36)39-27-33-23(18-24(34-27)37-2)19-14-16-22(17-15-19)29(30,31)32/h4-18,25H,3H2,1-2H3,(H,35,36). The number of methoxy groups -OCH3 is 1. The Morgan fingerprint density at radius 3 is 1.90 bits per heavy atom. The van der Waals surface area contributed by atoms with Crippen LogP contribution in [-0.2, 0) is 21.3 Å². The highest BCUT2D eigenvalue weighted by atomic mass is 19.4. The Hall–Kier alpha value is -4.44. The minimum absolute atomic E-state index is 0.0282. The number of nitrogens with zero attached hydrogens (tertiary/aromatic N) is 2. The molecule has 7 nitrogen and oxygen atoms in total. The molecule has 0 spiro atoms. The average molecular weight is 539 g/mol. The molecule has 1 unspecified atom stereocenters. The van der Waals surface area contributed by atoms with Crippen molar-refractivity contribution in [1.82, 2.24) is 9.97 Å². The molecule has 4 rings (SSSR count). The third-order valence-corrected chi connectivity index (χ3v) is 5.99. The lowest BCUT2D eigenvalue weighted by Crippen LogP contribution is -2.51. The van der Waals surface area contributed by atoms with E-state index in [0.29, 0.717) is 16.7 Å². The monoisotopic (exact) mass is 538 g/mol. The molecule has 0 aliphatic carbocycles. The van der Waals surface area contributed by atoms with E-state index >= 15 is 0 Å². The molecule has 0 aliphatic rings. The number of carbonyl (C=O) groups is 1. The van der Waals surface area contributed by atoms with Crippen molar-refractivity contribution in [1.29, 1.82) is 0 Å². The summed E-state index contributed by atoms with van der Waals surface area (Å²) < 4.78 is 56.6. The fourth-order valence-electron chi connectivity index (χ4n) is 4.26. The molecule has 0 bridgehead atoms. The van der Waals surface area contributed by atoms with Crippen molar-refractivity contribution < 1.29 is 37.3 Å². The Morgan fingerprint density at radius 2 is 1.44 bits per heavy atom. The lowest BCUT2D eigenvalue weighted by molar-refractivity contribution is -0.163. The highest BCUT2D eigenvalue weighted by molar-refractivity contribution is 5.76. The molecular formula is C29H25F3N2O5. The lowest BCUT2D eigenvalue weighted by Gasteiger charge is -2.38. The predicted octanol–water partition coefficient (Wildman–Crippen LogP) is 5.98. The summed E-state index contributed by atoms with van der Waals surface area (Å²) in [6.07, 6.45) is -6.17. The summed E-state index contributed by atoms with van der Waals surface area (Å²) in [5.41, 5.74) is -0.877. The number of alkyl halides is 3. The SMILES string of the molecule is CCOC(c1ccccc1)(c1ccccc1)C(Oc1nc(OC)cc(-c2ccc(C(F)(F)F)cc2)n1)C(=O)O. The zero-order chi connectivity index (χ0) is 28.0. The van der Waals surface area contributed by atoms with Crippen LogP contribution >= 0.6 is 0 Å². The Morgan fingerprint density at radius 1 is 0.872 bits per heavy atom. The zero-order valence-corrected chi connectivity index (χ0v) is 21.1. The molecule has 1 aromatic heterocycles.